The molecule has 1 unspecified atom stereocenters. The van der Waals surface area contributed by atoms with Crippen molar-refractivity contribution in [3.8, 4) is 0 Å². The third-order valence-corrected chi connectivity index (χ3v) is 7.84. The molecule has 1 saturated carbocycles. The zero-order chi connectivity index (χ0) is 40.0. The third-order valence-electron chi connectivity index (χ3n) is 7.84. The van der Waals surface area contributed by atoms with Crippen LogP contribution in [0.2, 0.25) is 0 Å². The zero-order valence-electron chi connectivity index (χ0n) is 30.8. The van der Waals surface area contributed by atoms with Gasteiger partial charge in [-0.15, -0.1) is 0 Å². The van der Waals surface area contributed by atoms with Gasteiger partial charge in [0.15, 0.2) is 0 Å². The monoisotopic (exact) mass is 750 g/mol. The summed E-state index contributed by atoms with van der Waals surface area (Å²) in [5, 5.41) is 24.6. The Balaban J connectivity index is 0.000000825. The van der Waals surface area contributed by atoms with Crippen LogP contribution in [0.15, 0.2) is 72.8 Å². The molecule has 0 spiro atoms. The van der Waals surface area contributed by atoms with Gasteiger partial charge in [-0.05, 0) is 53.8 Å². The maximum absolute atomic E-state index is 13.9. The first-order valence-electron chi connectivity index (χ1n) is 16.6. The number of halogens is 9. The molecule has 52 heavy (non-hydrogen) atoms. The SMILES string of the molecule is C[N+](C)(C)C.C[N+](C)(C)C.[O-]B([O-])OC1(c2cccc(C(F)(F)F)c2)CCCCCCC1(c1cccc(C(F)(F)F)c1)c1cccc(C(F)(F)F)c1. The Hall–Kier alpha value is -3.11. The van der Waals surface area contributed by atoms with E-state index in [2.05, 4.69) is 56.4 Å². The van der Waals surface area contributed by atoms with Crippen molar-refractivity contribution in [2.24, 2.45) is 0 Å². The van der Waals surface area contributed by atoms with E-state index < -0.39 is 53.6 Å². The van der Waals surface area contributed by atoms with Crippen molar-refractivity contribution in [3.63, 3.8) is 0 Å². The van der Waals surface area contributed by atoms with Crippen molar-refractivity contribution in [2.45, 2.75) is 68.1 Å². The molecule has 0 N–H and O–H groups in total. The zero-order valence-corrected chi connectivity index (χ0v) is 30.8. The fraction of sp³-hybridized carbons (Fsp3) is 0.514. The van der Waals surface area contributed by atoms with Gasteiger partial charge in [0.25, 0.3) is 0 Å². The first kappa shape index (κ1) is 45.1. The van der Waals surface area contributed by atoms with E-state index in [4.69, 9.17) is 4.65 Å². The van der Waals surface area contributed by atoms with Crippen LogP contribution in [0.5, 0.6) is 0 Å². The summed E-state index contributed by atoms with van der Waals surface area (Å²) >= 11 is 0. The Morgan fingerprint density at radius 2 is 0.827 bits per heavy atom. The van der Waals surface area contributed by atoms with E-state index in [1.54, 1.807) is 0 Å². The molecule has 1 aliphatic rings. The number of hydrogen-bond donors (Lipinski definition) is 0. The van der Waals surface area contributed by atoms with Gasteiger partial charge in [0.2, 0.25) is 0 Å². The highest BCUT2D eigenvalue weighted by Gasteiger charge is 2.55. The van der Waals surface area contributed by atoms with Gasteiger partial charge in [0.05, 0.1) is 91.4 Å². The lowest BCUT2D eigenvalue weighted by molar-refractivity contribution is -0.849. The first-order valence-corrected chi connectivity index (χ1v) is 16.6. The highest BCUT2D eigenvalue weighted by atomic mass is 19.4. The largest absolute Gasteiger partial charge is 0.871 e. The summed E-state index contributed by atoms with van der Waals surface area (Å²) in [6, 6.07) is 10.8. The smallest absolute Gasteiger partial charge is 0.416 e. The molecule has 3 aromatic rings. The fourth-order valence-electron chi connectivity index (χ4n) is 6.11. The van der Waals surface area contributed by atoms with Crippen LogP contribution >= 0.6 is 0 Å². The van der Waals surface area contributed by atoms with Crippen molar-refractivity contribution in [1.82, 2.24) is 0 Å². The summed E-state index contributed by atoms with van der Waals surface area (Å²) in [6.45, 7) is 0. The van der Waals surface area contributed by atoms with E-state index >= 15 is 0 Å². The minimum Gasteiger partial charge on any atom is -0.871 e. The van der Waals surface area contributed by atoms with Gasteiger partial charge in [0, 0.05) is 0 Å². The maximum Gasteiger partial charge on any atom is 0.416 e. The molecule has 5 nitrogen and oxygen atoms in total. The van der Waals surface area contributed by atoms with Crippen molar-refractivity contribution in [1.29, 1.82) is 0 Å². The molecule has 0 saturated heterocycles. The molecule has 0 aliphatic heterocycles. The summed E-state index contributed by atoms with van der Waals surface area (Å²) in [5.74, 6) is 0. The van der Waals surface area contributed by atoms with Gasteiger partial charge in [0.1, 0.15) is 0 Å². The number of benzene rings is 3. The highest BCUT2D eigenvalue weighted by Crippen LogP contribution is 2.57. The van der Waals surface area contributed by atoms with Crippen LogP contribution in [0.4, 0.5) is 39.5 Å². The number of nitrogens with zero attached hydrogens (tertiary/aromatic N) is 2. The van der Waals surface area contributed by atoms with Crippen LogP contribution in [0, 0.1) is 0 Å². The summed E-state index contributed by atoms with van der Waals surface area (Å²) in [6.07, 6.45) is -14.0. The van der Waals surface area contributed by atoms with Crippen molar-refractivity contribution in [3.05, 3.63) is 106 Å². The van der Waals surface area contributed by atoms with Crippen molar-refractivity contribution in [2.75, 3.05) is 56.4 Å². The van der Waals surface area contributed by atoms with Crippen LogP contribution in [0.3, 0.4) is 0 Å². The van der Waals surface area contributed by atoms with E-state index in [1.807, 2.05) is 0 Å². The van der Waals surface area contributed by atoms with Gasteiger partial charge in [-0.3, -0.25) is 0 Å². The van der Waals surface area contributed by atoms with Crippen molar-refractivity contribution < 1.29 is 63.2 Å². The molecule has 1 fully saturated rings. The molecule has 0 radical (unpaired) electrons. The minimum absolute atomic E-state index is 0.155. The molecule has 15 heteroatoms. The number of rotatable bonds is 5. The van der Waals surface area contributed by atoms with Crippen LogP contribution in [-0.2, 0) is 34.2 Å². The van der Waals surface area contributed by atoms with Crippen LogP contribution in [0.25, 0.3) is 0 Å². The molecule has 1 aliphatic carbocycles. The second-order valence-electron chi connectivity index (χ2n) is 15.7. The molecular formula is C37H48BF9N2O3. The fourth-order valence-corrected chi connectivity index (χ4v) is 6.11. The van der Waals surface area contributed by atoms with Gasteiger partial charge < -0.3 is 23.7 Å². The Bertz CT molecular complexity index is 1500. The Labute approximate surface area is 301 Å². The number of hydrogen-bond acceptors (Lipinski definition) is 3. The molecule has 0 heterocycles. The quantitative estimate of drug-likeness (QED) is 0.153. The van der Waals surface area contributed by atoms with E-state index in [9.17, 15) is 49.6 Å². The van der Waals surface area contributed by atoms with E-state index in [0.717, 1.165) is 51.4 Å². The topological polar surface area (TPSA) is 55.3 Å². The van der Waals surface area contributed by atoms with E-state index in [1.165, 1.54) is 12.1 Å². The predicted molar refractivity (Wildman–Crippen MR) is 179 cm³/mol. The standard InChI is InChI=1S/C29H24BF9O3.2C4H12N/c31-27(32,33)22-11-5-8-19(16-22)25(20-9-6-12-23(17-20)28(34,35)36)14-3-1-2-4-15-26(25,42-30(40)41)21-10-7-13-24(18-21)29(37,38)39;2*1-5(2,3)4/h5-13,16-18H,1-4,14-15H2;2*1-4H3/q-2;2*+1. The number of quaternary nitrogens is 2. The Morgan fingerprint density at radius 3 is 1.15 bits per heavy atom. The van der Waals surface area contributed by atoms with Gasteiger partial charge in [-0.2, -0.15) is 39.5 Å². The summed E-state index contributed by atoms with van der Waals surface area (Å²) in [7, 11) is 13.9. The van der Waals surface area contributed by atoms with Crippen LogP contribution < -0.4 is 10.0 Å². The van der Waals surface area contributed by atoms with E-state index in [-0.39, 0.29) is 42.4 Å². The van der Waals surface area contributed by atoms with Crippen LogP contribution in [0.1, 0.15) is 71.9 Å². The van der Waals surface area contributed by atoms with E-state index in [0.29, 0.717) is 31.0 Å². The highest BCUT2D eigenvalue weighted by molar-refractivity contribution is 6.28. The maximum atomic E-state index is 13.9. The van der Waals surface area contributed by atoms with Gasteiger partial charge >= 0.3 is 18.5 Å². The van der Waals surface area contributed by atoms with Gasteiger partial charge in [-0.1, -0.05) is 74.2 Å². The number of alkyl halides is 9. The lowest BCUT2D eigenvalue weighted by Crippen LogP contribution is -2.61. The molecule has 3 aromatic carbocycles. The van der Waals surface area contributed by atoms with Crippen molar-refractivity contribution >= 4 is 7.32 Å². The lowest BCUT2D eigenvalue weighted by Gasteiger charge is -2.57. The lowest BCUT2D eigenvalue weighted by atomic mass is 9.55. The van der Waals surface area contributed by atoms with Gasteiger partial charge in [-0.25, -0.2) is 0 Å². The first-order chi connectivity index (χ1) is 23.5. The predicted octanol–water partition coefficient (Wildman–Crippen LogP) is 7.65. The second kappa shape index (κ2) is 16.9. The molecule has 1 atom stereocenters. The molecular weight excluding hydrogens is 702 g/mol. The molecule has 0 bridgehead atoms. The molecule has 0 amide bonds. The molecule has 4 rings (SSSR count). The van der Waals surface area contributed by atoms with Crippen LogP contribution in [-0.4, -0.2) is 72.7 Å². The summed E-state index contributed by atoms with van der Waals surface area (Å²) in [5.41, 5.74) is -8.90. The summed E-state index contributed by atoms with van der Waals surface area (Å²) in [4.78, 5) is 0. The Morgan fingerprint density at radius 1 is 0.519 bits per heavy atom. The average Bonchev–Trinajstić information content (AvgIpc) is 2.96. The molecule has 290 valence electrons. The minimum atomic E-state index is -4.90. The third kappa shape index (κ3) is 12.8. The normalized spacial score (nSPS) is 18.5. The summed E-state index contributed by atoms with van der Waals surface area (Å²) < 4.78 is 133. The Kier molecular flexibility index (Phi) is 14.7. The molecule has 0 aromatic heterocycles. The average molecular weight is 751 g/mol. The second-order valence-corrected chi connectivity index (χ2v) is 15.7.